The second-order valence-electron chi connectivity index (χ2n) is 4.97. The molecule has 0 aliphatic carbocycles. The van der Waals surface area contributed by atoms with E-state index in [2.05, 4.69) is 51.3 Å². The molecule has 108 valence electrons. The Kier molecular flexibility index (Phi) is 5.31. The molecule has 20 heavy (non-hydrogen) atoms. The van der Waals surface area contributed by atoms with Gasteiger partial charge in [0.15, 0.2) is 0 Å². The summed E-state index contributed by atoms with van der Waals surface area (Å²) in [6.07, 6.45) is 1.80. The fourth-order valence-electron chi connectivity index (χ4n) is 2.13. The Morgan fingerprint density at radius 1 is 1.40 bits per heavy atom. The van der Waals surface area contributed by atoms with Gasteiger partial charge in [-0.25, -0.2) is 0 Å². The number of rotatable bonds is 6. The molecule has 5 heteroatoms. The topological polar surface area (TPSA) is 51.0 Å². The first-order valence-corrected chi connectivity index (χ1v) is 7.72. The molecule has 0 saturated heterocycles. The molecule has 0 bridgehead atoms. The molecular formula is C15H20BrN3O. The summed E-state index contributed by atoms with van der Waals surface area (Å²) in [5.41, 5.74) is 2.15. The van der Waals surface area contributed by atoms with Crippen molar-refractivity contribution in [1.82, 2.24) is 15.5 Å². The van der Waals surface area contributed by atoms with Gasteiger partial charge in [0.05, 0.1) is 0 Å². The van der Waals surface area contributed by atoms with E-state index in [0.717, 1.165) is 35.0 Å². The zero-order chi connectivity index (χ0) is 14.5. The molecule has 1 heterocycles. The van der Waals surface area contributed by atoms with Crippen LogP contribution in [0, 0.1) is 6.92 Å². The number of hydrogen-bond acceptors (Lipinski definition) is 4. The van der Waals surface area contributed by atoms with Gasteiger partial charge in [-0.3, -0.25) is 0 Å². The van der Waals surface area contributed by atoms with Crippen molar-refractivity contribution in [2.75, 3.05) is 6.54 Å². The Morgan fingerprint density at radius 2 is 2.20 bits per heavy atom. The average molecular weight is 338 g/mol. The molecule has 1 atom stereocenters. The van der Waals surface area contributed by atoms with Crippen molar-refractivity contribution in [3.05, 3.63) is 34.1 Å². The predicted molar refractivity (Wildman–Crippen MR) is 83.6 cm³/mol. The zero-order valence-corrected chi connectivity index (χ0v) is 13.7. The first kappa shape index (κ1) is 15.2. The molecule has 1 aromatic heterocycles. The van der Waals surface area contributed by atoms with Gasteiger partial charge in [0, 0.05) is 22.5 Å². The van der Waals surface area contributed by atoms with Crippen LogP contribution in [-0.4, -0.2) is 22.7 Å². The molecule has 0 amide bonds. The molecule has 0 aliphatic heterocycles. The summed E-state index contributed by atoms with van der Waals surface area (Å²) in [4.78, 5) is 4.48. The van der Waals surface area contributed by atoms with E-state index in [4.69, 9.17) is 4.52 Å². The lowest BCUT2D eigenvalue weighted by Crippen LogP contribution is -2.25. The van der Waals surface area contributed by atoms with Crippen LogP contribution < -0.4 is 5.32 Å². The molecule has 0 spiro atoms. The van der Waals surface area contributed by atoms with E-state index in [-0.39, 0.29) is 0 Å². The summed E-state index contributed by atoms with van der Waals surface area (Å²) in [5.74, 6) is 1.37. The highest BCUT2D eigenvalue weighted by molar-refractivity contribution is 9.10. The number of benzene rings is 1. The van der Waals surface area contributed by atoms with Crippen LogP contribution in [0.1, 0.15) is 31.7 Å². The average Bonchev–Trinajstić information content (AvgIpc) is 2.85. The van der Waals surface area contributed by atoms with Crippen LogP contribution in [0.25, 0.3) is 11.4 Å². The van der Waals surface area contributed by atoms with Crippen molar-refractivity contribution in [1.29, 1.82) is 0 Å². The third kappa shape index (κ3) is 3.90. The van der Waals surface area contributed by atoms with Gasteiger partial charge < -0.3 is 9.84 Å². The van der Waals surface area contributed by atoms with Crippen LogP contribution in [-0.2, 0) is 6.42 Å². The number of aromatic nitrogens is 2. The monoisotopic (exact) mass is 337 g/mol. The molecule has 0 aliphatic rings. The Bertz CT molecular complexity index is 568. The Balaban J connectivity index is 2.05. The summed E-state index contributed by atoms with van der Waals surface area (Å²) < 4.78 is 6.39. The zero-order valence-electron chi connectivity index (χ0n) is 12.1. The highest BCUT2D eigenvalue weighted by Gasteiger charge is 2.12. The minimum absolute atomic E-state index is 0.463. The van der Waals surface area contributed by atoms with Crippen LogP contribution in [0.2, 0.25) is 0 Å². The van der Waals surface area contributed by atoms with Crippen molar-refractivity contribution in [2.24, 2.45) is 0 Å². The predicted octanol–water partition coefficient (Wildman–Crippen LogP) is 3.74. The fraction of sp³-hybridized carbons (Fsp3) is 0.467. The van der Waals surface area contributed by atoms with E-state index < -0.39 is 0 Å². The first-order valence-electron chi connectivity index (χ1n) is 6.92. The summed E-state index contributed by atoms with van der Waals surface area (Å²) in [7, 11) is 0. The van der Waals surface area contributed by atoms with Crippen LogP contribution in [0.5, 0.6) is 0 Å². The van der Waals surface area contributed by atoms with Crippen molar-refractivity contribution >= 4 is 15.9 Å². The quantitative estimate of drug-likeness (QED) is 0.872. The van der Waals surface area contributed by atoms with Crippen LogP contribution in [0.3, 0.4) is 0 Å². The SMILES string of the molecule is CCNC(C)CCc1nc(-c2ccc(Br)cc2C)no1. The van der Waals surface area contributed by atoms with E-state index in [0.29, 0.717) is 17.8 Å². The molecule has 0 fully saturated rings. The molecule has 1 unspecified atom stereocenters. The molecule has 0 radical (unpaired) electrons. The second kappa shape index (κ2) is 6.99. The van der Waals surface area contributed by atoms with Crippen molar-refractivity contribution < 1.29 is 4.52 Å². The summed E-state index contributed by atoms with van der Waals surface area (Å²) >= 11 is 3.46. The normalized spacial score (nSPS) is 12.6. The van der Waals surface area contributed by atoms with E-state index in [1.807, 2.05) is 19.1 Å². The lowest BCUT2D eigenvalue weighted by molar-refractivity contribution is 0.368. The molecular weight excluding hydrogens is 318 g/mol. The molecule has 0 saturated carbocycles. The number of nitrogens with zero attached hydrogens (tertiary/aromatic N) is 2. The van der Waals surface area contributed by atoms with Crippen LogP contribution >= 0.6 is 15.9 Å². The first-order chi connectivity index (χ1) is 9.60. The molecule has 4 nitrogen and oxygen atoms in total. The summed E-state index contributed by atoms with van der Waals surface area (Å²) in [6, 6.07) is 6.52. The third-order valence-electron chi connectivity index (χ3n) is 3.24. The van der Waals surface area contributed by atoms with Gasteiger partial charge in [-0.15, -0.1) is 0 Å². The maximum absolute atomic E-state index is 5.33. The maximum Gasteiger partial charge on any atom is 0.227 e. The third-order valence-corrected chi connectivity index (χ3v) is 3.73. The summed E-state index contributed by atoms with van der Waals surface area (Å²) in [5, 5.41) is 7.45. The highest BCUT2D eigenvalue weighted by Crippen LogP contribution is 2.24. The molecule has 2 aromatic rings. The fourth-order valence-corrected chi connectivity index (χ4v) is 2.61. The summed E-state index contributed by atoms with van der Waals surface area (Å²) in [6.45, 7) is 7.30. The van der Waals surface area contributed by atoms with E-state index in [1.165, 1.54) is 0 Å². The number of halogens is 1. The number of aryl methyl sites for hydroxylation is 2. The van der Waals surface area contributed by atoms with Crippen LogP contribution in [0.4, 0.5) is 0 Å². The van der Waals surface area contributed by atoms with Gasteiger partial charge in [-0.2, -0.15) is 4.98 Å². The van der Waals surface area contributed by atoms with Gasteiger partial charge in [0.1, 0.15) is 0 Å². The van der Waals surface area contributed by atoms with Crippen LogP contribution in [0.15, 0.2) is 27.2 Å². The van der Waals surface area contributed by atoms with Crippen molar-refractivity contribution in [2.45, 2.75) is 39.7 Å². The lowest BCUT2D eigenvalue weighted by Gasteiger charge is -2.09. The van der Waals surface area contributed by atoms with Gasteiger partial charge in [0.25, 0.3) is 0 Å². The Labute approximate surface area is 128 Å². The van der Waals surface area contributed by atoms with E-state index in [9.17, 15) is 0 Å². The van der Waals surface area contributed by atoms with Gasteiger partial charge in [-0.1, -0.05) is 28.0 Å². The molecule has 1 N–H and O–H groups in total. The standard InChI is InChI=1S/C15H20BrN3O/c1-4-17-11(3)5-8-14-18-15(19-20-14)13-7-6-12(16)9-10(13)2/h6-7,9,11,17H,4-5,8H2,1-3H3. The van der Waals surface area contributed by atoms with Gasteiger partial charge in [0.2, 0.25) is 11.7 Å². The van der Waals surface area contributed by atoms with E-state index in [1.54, 1.807) is 0 Å². The number of nitrogens with one attached hydrogen (secondary N) is 1. The Hall–Kier alpha value is -1.20. The highest BCUT2D eigenvalue weighted by atomic mass is 79.9. The minimum atomic E-state index is 0.463. The largest absolute Gasteiger partial charge is 0.339 e. The smallest absolute Gasteiger partial charge is 0.227 e. The minimum Gasteiger partial charge on any atom is -0.339 e. The number of hydrogen-bond donors (Lipinski definition) is 1. The second-order valence-corrected chi connectivity index (χ2v) is 5.88. The van der Waals surface area contributed by atoms with Gasteiger partial charge in [-0.05, 0) is 50.6 Å². The molecule has 2 rings (SSSR count). The van der Waals surface area contributed by atoms with Crippen molar-refractivity contribution in [3.63, 3.8) is 0 Å². The maximum atomic E-state index is 5.33. The van der Waals surface area contributed by atoms with Crippen molar-refractivity contribution in [3.8, 4) is 11.4 Å². The Morgan fingerprint density at radius 3 is 2.90 bits per heavy atom. The van der Waals surface area contributed by atoms with Gasteiger partial charge >= 0.3 is 0 Å². The molecule has 1 aromatic carbocycles. The van der Waals surface area contributed by atoms with E-state index >= 15 is 0 Å². The lowest BCUT2D eigenvalue weighted by atomic mass is 10.1.